The van der Waals surface area contributed by atoms with Gasteiger partial charge in [-0.25, -0.2) is 0 Å². The zero-order valence-corrected chi connectivity index (χ0v) is 9.48. The summed E-state index contributed by atoms with van der Waals surface area (Å²) in [6, 6.07) is 0. The Labute approximate surface area is 74.7 Å². The smallest absolute Gasteiger partial charge is 0.230 e. The van der Waals surface area contributed by atoms with Gasteiger partial charge in [0.05, 0.1) is 0 Å². The second kappa shape index (κ2) is 4.97. The Morgan fingerprint density at radius 3 is 2.08 bits per heavy atom. The summed E-state index contributed by atoms with van der Waals surface area (Å²) in [7, 11) is -1.17. The number of rotatable bonds is 4. The molecule has 5 heteroatoms. The minimum Gasteiger partial charge on any atom is -0.366 e. The summed E-state index contributed by atoms with van der Waals surface area (Å²) in [5.74, 6) is 0. The molecule has 0 saturated heterocycles. The molecule has 12 heavy (non-hydrogen) atoms. The Kier molecular flexibility index (Phi) is 6.06. The molecule has 3 N–H and O–H groups in total. The van der Waals surface area contributed by atoms with Crippen LogP contribution >= 0.6 is 7.37 Å². The van der Waals surface area contributed by atoms with E-state index in [1.54, 1.807) is 20.5 Å². The third-order valence-electron chi connectivity index (χ3n) is 1.82. The SMILES string of the molecule is CCOC(C)(C)P(C)(=O)OC.N. The maximum Gasteiger partial charge on any atom is 0.230 e. The molecule has 0 aromatic heterocycles. The molecule has 0 aromatic carbocycles. The van der Waals surface area contributed by atoms with Crippen LogP contribution in [0.15, 0.2) is 0 Å². The highest BCUT2D eigenvalue weighted by Gasteiger charge is 2.37. The fourth-order valence-corrected chi connectivity index (χ4v) is 1.49. The highest BCUT2D eigenvalue weighted by atomic mass is 31.2. The maximum absolute atomic E-state index is 11.6. The molecule has 0 bridgehead atoms. The average molecular weight is 197 g/mol. The fourth-order valence-electron chi connectivity index (χ4n) is 0.690. The van der Waals surface area contributed by atoms with E-state index in [9.17, 15) is 4.57 Å². The number of hydrogen-bond donors (Lipinski definition) is 1. The van der Waals surface area contributed by atoms with Crippen molar-refractivity contribution >= 4 is 7.37 Å². The molecule has 4 nitrogen and oxygen atoms in total. The summed E-state index contributed by atoms with van der Waals surface area (Å²) >= 11 is 0. The van der Waals surface area contributed by atoms with Gasteiger partial charge in [-0.3, -0.25) is 4.57 Å². The van der Waals surface area contributed by atoms with Gasteiger partial charge >= 0.3 is 0 Å². The first-order valence-corrected chi connectivity index (χ1v) is 5.72. The molecule has 0 aliphatic rings. The van der Waals surface area contributed by atoms with Crippen LogP contribution in [0.2, 0.25) is 0 Å². The molecule has 0 heterocycles. The first-order chi connectivity index (χ1) is 4.87. The summed E-state index contributed by atoms with van der Waals surface area (Å²) in [6.07, 6.45) is 0. The van der Waals surface area contributed by atoms with E-state index in [1.165, 1.54) is 7.11 Å². The van der Waals surface area contributed by atoms with Crippen LogP contribution in [0.4, 0.5) is 0 Å². The van der Waals surface area contributed by atoms with E-state index in [-0.39, 0.29) is 6.15 Å². The van der Waals surface area contributed by atoms with Crippen molar-refractivity contribution in [3.63, 3.8) is 0 Å². The molecule has 1 unspecified atom stereocenters. The van der Waals surface area contributed by atoms with Crippen LogP contribution < -0.4 is 6.15 Å². The van der Waals surface area contributed by atoms with Crippen LogP contribution in [0.25, 0.3) is 0 Å². The summed E-state index contributed by atoms with van der Waals surface area (Å²) in [6.45, 7) is 7.57. The van der Waals surface area contributed by atoms with Crippen LogP contribution in [0.1, 0.15) is 20.8 Å². The first-order valence-electron chi connectivity index (χ1n) is 3.64. The molecule has 0 radical (unpaired) electrons. The van der Waals surface area contributed by atoms with Gasteiger partial charge in [-0.2, -0.15) is 0 Å². The highest BCUT2D eigenvalue weighted by Crippen LogP contribution is 2.55. The summed E-state index contributed by atoms with van der Waals surface area (Å²) < 4.78 is 21.8. The predicted octanol–water partition coefficient (Wildman–Crippen LogP) is 2.48. The van der Waals surface area contributed by atoms with Crippen molar-refractivity contribution < 1.29 is 13.8 Å². The van der Waals surface area contributed by atoms with E-state index >= 15 is 0 Å². The number of hydrogen-bond acceptors (Lipinski definition) is 4. The van der Waals surface area contributed by atoms with Crippen molar-refractivity contribution in [2.24, 2.45) is 0 Å². The van der Waals surface area contributed by atoms with E-state index in [0.717, 1.165) is 0 Å². The standard InChI is InChI=1S/C7H17O3P.H3N/c1-6-10-7(2,3)11(5,8)9-4;/h6H2,1-5H3;1H3. The molecule has 0 saturated carbocycles. The third kappa shape index (κ3) is 3.23. The molecule has 0 aromatic rings. The number of ether oxygens (including phenoxy) is 1. The van der Waals surface area contributed by atoms with E-state index in [1.807, 2.05) is 6.92 Å². The Morgan fingerprint density at radius 2 is 1.83 bits per heavy atom. The zero-order chi connectivity index (χ0) is 9.12. The molecule has 1 atom stereocenters. The summed E-state index contributed by atoms with van der Waals surface area (Å²) in [5, 5.41) is -0.670. The maximum atomic E-state index is 11.6. The van der Waals surface area contributed by atoms with E-state index < -0.39 is 12.7 Å². The lowest BCUT2D eigenvalue weighted by Crippen LogP contribution is -2.24. The van der Waals surface area contributed by atoms with Gasteiger partial charge in [-0.05, 0) is 20.8 Å². The van der Waals surface area contributed by atoms with Gasteiger partial charge in [0.25, 0.3) is 0 Å². The zero-order valence-electron chi connectivity index (χ0n) is 8.59. The van der Waals surface area contributed by atoms with Crippen LogP contribution in [0.3, 0.4) is 0 Å². The molecule has 0 amide bonds. The lowest BCUT2D eigenvalue weighted by atomic mass is 10.5. The van der Waals surface area contributed by atoms with Crippen molar-refractivity contribution in [3.05, 3.63) is 0 Å². The molecule has 0 rings (SSSR count). The van der Waals surface area contributed by atoms with Gasteiger partial charge in [-0.15, -0.1) is 0 Å². The van der Waals surface area contributed by atoms with Crippen molar-refractivity contribution in [2.45, 2.75) is 26.1 Å². The predicted molar refractivity (Wildman–Crippen MR) is 51.3 cm³/mol. The molecule has 0 spiro atoms. The minimum absolute atomic E-state index is 0. The lowest BCUT2D eigenvalue weighted by Gasteiger charge is -2.29. The van der Waals surface area contributed by atoms with Gasteiger partial charge in [-0.1, -0.05) is 0 Å². The van der Waals surface area contributed by atoms with Gasteiger partial charge < -0.3 is 15.4 Å². The fraction of sp³-hybridized carbons (Fsp3) is 1.00. The second-order valence-electron chi connectivity index (χ2n) is 2.91. The quantitative estimate of drug-likeness (QED) is 0.703. The molecular weight excluding hydrogens is 177 g/mol. The van der Waals surface area contributed by atoms with Crippen LogP contribution in [-0.4, -0.2) is 25.7 Å². The average Bonchev–Trinajstić information content (AvgIpc) is 1.87. The summed E-state index contributed by atoms with van der Waals surface area (Å²) in [4.78, 5) is 0. The monoisotopic (exact) mass is 197 g/mol. The van der Waals surface area contributed by atoms with Crippen molar-refractivity contribution in [1.29, 1.82) is 0 Å². The van der Waals surface area contributed by atoms with E-state index in [2.05, 4.69) is 0 Å². The molecule has 0 aliphatic heterocycles. The van der Waals surface area contributed by atoms with Crippen molar-refractivity contribution in [3.8, 4) is 0 Å². The Morgan fingerprint density at radius 1 is 1.42 bits per heavy atom. The van der Waals surface area contributed by atoms with Crippen LogP contribution in [0.5, 0.6) is 0 Å². The molecule has 76 valence electrons. The molecule has 0 aliphatic carbocycles. The minimum atomic E-state index is -2.62. The largest absolute Gasteiger partial charge is 0.366 e. The Balaban J connectivity index is 0. The Bertz CT molecular complexity index is 170. The van der Waals surface area contributed by atoms with Gasteiger partial charge in [0.15, 0.2) is 0 Å². The van der Waals surface area contributed by atoms with E-state index in [0.29, 0.717) is 6.61 Å². The molecular formula is C7H20NO3P. The van der Waals surface area contributed by atoms with Crippen molar-refractivity contribution in [2.75, 3.05) is 20.4 Å². The van der Waals surface area contributed by atoms with Gasteiger partial charge in [0, 0.05) is 20.4 Å². The Hall–Kier alpha value is 0.110. The van der Waals surface area contributed by atoms with Crippen molar-refractivity contribution in [1.82, 2.24) is 6.15 Å². The first kappa shape index (κ1) is 14.6. The second-order valence-corrected chi connectivity index (χ2v) is 6.04. The van der Waals surface area contributed by atoms with Gasteiger partial charge in [0.1, 0.15) is 5.34 Å². The normalized spacial score (nSPS) is 16.4. The van der Waals surface area contributed by atoms with E-state index in [4.69, 9.17) is 9.26 Å². The van der Waals surface area contributed by atoms with Crippen LogP contribution in [0, 0.1) is 0 Å². The topological polar surface area (TPSA) is 70.5 Å². The van der Waals surface area contributed by atoms with Crippen LogP contribution in [-0.2, 0) is 13.8 Å². The molecule has 0 fully saturated rings. The lowest BCUT2D eigenvalue weighted by molar-refractivity contribution is 0.0427. The highest BCUT2D eigenvalue weighted by molar-refractivity contribution is 7.59. The third-order valence-corrected chi connectivity index (χ3v) is 4.61. The summed E-state index contributed by atoms with van der Waals surface area (Å²) in [5.41, 5.74) is 0. The van der Waals surface area contributed by atoms with Gasteiger partial charge in [0.2, 0.25) is 7.37 Å².